The van der Waals surface area contributed by atoms with Crippen LogP contribution in [0.4, 0.5) is 0 Å². The van der Waals surface area contributed by atoms with Crippen molar-refractivity contribution in [1.29, 1.82) is 0 Å². The zero-order chi connectivity index (χ0) is 19.1. The van der Waals surface area contributed by atoms with Crippen LogP contribution in [0.1, 0.15) is 25.2 Å². The molecule has 0 saturated heterocycles. The van der Waals surface area contributed by atoms with E-state index in [4.69, 9.17) is 0 Å². The molecular weight excluding hydrogens is 487 g/mol. The first-order valence-corrected chi connectivity index (χ1v) is 9.76. The molecule has 0 bridgehead atoms. The molecule has 3 aromatic rings. The highest BCUT2D eigenvalue weighted by molar-refractivity contribution is 14.0. The Morgan fingerprint density at radius 3 is 2.71 bits per heavy atom. The maximum atomic E-state index is 10.7. The lowest BCUT2D eigenvalue weighted by atomic mass is 9.99. The van der Waals surface area contributed by atoms with Crippen LogP contribution in [-0.4, -0.2) is 38.9 Å². The number of guanidine groups is 1. The van der Waals surface area contributed by atoms with Crippen LogP contribution in [0.5, 0.6) is 0 Å². The number of halogens is 1. The van der Waals surface area contributed by atoms with E-state index in [1.807, 2.05) is 58.6 Å². The van der Waals surface area contributed by atoms with Crippen molar-refractivity contribution in [3.8, 4) is 5.69 Å². The van der Waals surface area contributed by atoms with Crippen molar-refractivity contribution in [3.63, 3.8) is 0 Å². The summed E-state index contributed by atoms with van der Waals surface area (Å²) in [6, 6.07) is 11.8. The second kappa shape index (κ2) is 10.5. The summed E-state index contributed by atoms with van der Waals surface area (Å²) in [5, 5.41) is 29.2. The van der Waals surface area contributed by atoms with E-state index in [9.17, 15) is 5.11 Å². The molecule has 3 N–H and O–H groups in total. The van der Waals surface area contributed by atoms with Crippen LogP contribution in [0.15, 0.2) is 58.5 Å². The number of nitrogens with zero attached hydrogens (tertiary/aromatic N) is 4. The summed E-state index contributed by atoms with van der Waals surface area (Å²) >= 11 is 1.57. The van der Waals surface area contributed by atoms with Gasteiger partial charge in [-0.2, -0.15) is 11.3 Å². The number of benzene rings is 1. The van der Waals surface area contributed by atoms with Crippen molar-refractivity contribution in [2.45, 2.75) is 26.0 Å². The SMILES string of the molecule is CCNC(=NCc1nncn1-c1ccccc1)NCC(C)(O)c1ccsc1.I. The van der Waals surface area contributed by atoms with E-state index >= 15 is 0 Å². The smallest absolute Gasteiger partial charge is 0.191 e. The molecule has 0 aliphatic rings. The van der Waals surface area contributed by atoms with E-state index in [0.29, 0.717) is 19.0 Å². The molecule has 0 aliphatic carbocycles. The molecule has 0 amide bonds. The topological polar surface area (TPSA) is 87.4 Å². The summed E-state index contributed by atoms with van der Waals surface area (Å²) in [4.78, 5) is 4.59. The normalized spacial score (nSPS) is 13.5. The number of thiophene rings is 1. The zero-order valence-corrected chi connectivity index (χ0v) is 19.0. The van der Waals surface area contributed by atoms with Gasteiger partial charge in [0.05, 0.1) is 6.54 Å². The van der Waals surface area contributed by atoms with Gasteiger partial charge >= 0.3 is 0 Å². The third-order valence-electron chi connectivity index (χ3n) is 4.12. The van der Waals surface area contributed by atoms with Gasteiger partial charge in [0.1, 0.15) is 18.5 Å². The summed E-state index contributed by atoms with van der Waals surface area (Å²) in [6.45, 7) is 5.22. The molecule has 1 aromatic carbocycles. The standard InChI is InChI=1S/C19H24N6OS.HI/c1-3-20-18(22-13-19(2,26)15-9-10-27-12-15)21-11-17-24-23-14-25(17)16-7-5-4-6-8-16;/h4-10,12,14,26H,3,11,13H2,1-2H3,(H2,20,21,22);1H. The van der Waals surface area contributed by atoms with Crippen molar-refractivity contribution in [1.82, 2.24) is 25.4 Å². The van der Waals surface area contributed by atoms with Gasteiger partial charge < -0.3 is 15.7 Å². The van der Waals surface area contributed by atoms with Gasteiger partial charge in [0.15, 0.2) is 11.8 Å². The highest BCUT2D eigenvalue weighted by Crippen LogP contribution is 2.21. The molecule has 7 nitrogen and oxygen atoms in total. The fourth-order valence-electron chi connectivity index (χ4n) is 2.59. The average Bonchev–Trinajstić information content (AvgIpc) is 3.37. The van der Waals surface area contributed by atoms with Gasteiger partial charge in [-0.3, -0.25) is 4.57 Å². The molecule has 1 unspecified atom stereocenters. The van der Waals surface area contributed by atoms with Crippen molar-refractivity contribution < 1.29 is 5.11 Å². The zero-order valence-electron chi connectivity index (χ0n) is 15.9. The average molecular weight is 512 g/mol. The Labute approximate surface area is 186 Å². The number of aliphatic imine (C=N–C) groups is 1. The summed E-state index contributed by atoms with van der Waals surface area (Å²) in [5.74, 6) is 1.36. The van der Waals surface area contributed by atoms with E-state index in [-0.39, 0.29) is 24.0 Å². The highest BCUT2D eigenvalue weighted by atomic mass is 127. The monoisotopic (exact) mass is 512 g/mol. The molecule has 9 heteroatoms. The van der Waals surface area contributed by atoms with Gasteiger partial charge in [0, 0.05) is 12.2 Å². The Morgan fingerprint density at radius 1 is 1.25 bits per heavy atom. The van der Waals surface area contributed by atoms with Crippen molar-refractivity contribution in [2.75, 3.05) is 13.1 Å². The number of rotatable bonds is 7. The van der Waals surface area contributed by atoms with E-state index in [2.05, 4.69) is 25.8 Å². The summed E-state index contributed by atoms with van der Waals surface area (Å²) < 4.78 is 1.91. The summed E-state index contributed by atoms with van der Waals surface area (Å²) in [6.07, 6.45) is 1.68. The minimum Gasteiger partial charge on any atom is -0.384 e. The molecule has 1 atom stereocenters. The number of hydrogen-bond acceptors (Lipinski definition) is 5. The molecule has 0 fully saturated rings. The molecule has 0 aliphatic heterocycles. The molecule has 0 saturated carbocycles. The Balaban J connectivity index is 0.00000280. The second-order valence-corrected chi connectivity index (χ2v) is 7.07. The van der Waals surface area contributed by atoms with Crippen LogP contribution in [0.3, 0.4) is 0 Å². The van der Waals surface area contributed by atoms with Crippen LogP contribution in [0.2, 0.25) is 0 Å². The predicted octanol–water partition coefficient (Wildman–Crippen LogP) is 2.91. The number of hydrogen-bond donors (Lipinski definition) is 3. The lowest BCUT2D eigenvalue weighted by Gasteiger charge is -2.24. The van der Waals surface area contributed by atoms with Gasteiger partial charge in [-0.05, 0) is 48.4 Å². The Kier molecular flexibility index (Phi) is 8.39. The summed E-state index contributed by atoms with van der Waals surface area (Å²) in [5.41, 5.74) is 0.908. The van der Waals surface area contributed by atoms with Crippen LogP contribution in [0.25, 0.3) is 5.69 Å². The van der Waals surface area contributed by atoms with E-state index in [1.54, 1.807) is 24.6 Å². The predicted molar refractivity (Wildman–Crippen MR) is 123 cm³/mol. The van der Waals surface area contributed by atoms with E-state index in [1.165, 1.54) is 0 Å². The first-order chi connectivity index (χ1) is 13.1. The van der Waals surface area contributed by atoms with Gasteiger partial charge in [-0.15, -0.1) is 34.2 Å². The number of nitrogens with one attached hydrogen (secondary N) is 2. The Morgan fingerprint density at radius 2 is 2.04 bits per heavy atom. The van der Waals surface area contributed by atoms with Gasteiger partial charge in [-0.25, -0.2) is 4.99 Å². The second-order valence-electron chi connectivity index (χ2n) is 6.29. The summed E-state index contributed by atoms with van der Waals surface area (Å²) in [7, 11) is 0. The maximum absolute atomic E-state index is 10.7. The maximum Gasteiger partial charge on any atom is 0.191 e. The third-order valence-corrected chi connectivity index (χ3v) is 4.80. The first kappa shape index (κ1) is 22.3. The molecule has 0 spiro atoms. The Hall–Kier alpha value is -1.98. The highest BCUT2D eigenvalue weighted by Gasteiger charge is 2.23. The number of aromatic nitrogens is 3. The molecule has 3 rings (SSSR count). The molecule has 150 valence electrons. The lowest BCUT2D eigenvalue weighted by Crippen LogP contribution is -2.44. The molecule has 0 radical (unpaired) electrons. The van der Waals surface area contributed by atoms with Crippen LogP contribution in [-0.2, 0) is 12.1 Å². The first-order valence-electron chi connectivity index (χ1n) is 8.81. The van der Waals surface area contributed by atoms with Gasteiger partial charge in [-0.1, -0.05) is 18.2 Å². The molecule has 28 heavy (non-hydrogen) atoms. The van der Waals surface area contributed by atoms with Crippen LogP contribution in [0, 0.1) is 0 Å². The number of para-hydroxylation sites is 1. The fraction of sp³-hybridized carbons (Fsp3) is 0.316. The van der Waals surface area contributed by atoms with Crippen molar-refractivity contribution in [3.05, 3.63) is 64.9 Å². The van der Waals surface area contributed by atoms with Gasteiger partial charge in [0.25, 0.3) is 0 Å². The van der Waals surface area contributed by atoms with Gasteiger partial charge in [0.2, 0.25) is 0 Å². The Bertz CT molecular complexity index is 864. The van der Waals surface area contributed by atoms with Crippen molar-refractivity contribution >= 4 is 41.3 Å². The van der Waals surface area contributed by atoms with Crippen molar-refractivity contribution in [2.24, 2.45) is 4.99 Å². The fourth-order valence-corrected chi connectivity index (χ4v) is 3.37. The third kappa shape index (κ3) is 5.76. The molecule has 2 heterocycles. The largest absolute Gasteiger partial charge is 0.384 e. The van der Waals surface area contributed by atoms with E-state index < -0.39 is 5.60 Å². The van der Waals surface area contributed by atoms with Crippen LogP contribution >= 0.6 is 35.3 Å². The molecular formula is C19H25IN6OS. The quantitative estimate of drug-likeness (QED) is 0.258. The molecule has 2 aromatic heterocycles. The van der Waals surface area contributed by atoms with E-state index in [0.717, 1.165) is 23.6 Å². The van der Waals surface area contributed by atoms with Crippen LogP contribution < -0.4 is 10.6 Å². The lowest BCUT2D eigenvalue weighted by molar-refractivity contribution is 0.0621. The minimum absolute atomic E-state index is 0. The minimum atomic E-state index is -0.972. The number of aliphatic hydroxyl groups is 1.